The van der Waals surface area contributed by atoms with Crippen LogP contribution in [0, 0.1) is 61.2 Å². The van der Waals surface area contributed by atoms with E-state index in [1.807, 2.05) is 0 Å². The molecule has 0 heterocycles. The van der Waals surface area contributed by atoms with Gasteiger partial charge >= 0.3 is 7.25 Å². The van der Waals surface area contributed by atoms with Crippen molar-refractivity contribution in [1.29, 1.82) is 0 Å². The van der Waals surface area contributed by atoms with Gasteiger partial charge in [0.15, 0.2) is 0 Å². The van der Waals surface area contributed by atoms with Crippen LogP contribution in [0.5, 0.6) is 0 Å². The van der Waals surface area contributed by atoms with E-state index in [1.165, 1.54) is 61.2 Å². The Hall–Kier alpha value is 0.434. The maximum Gasteiger partial charge on any atom is 0.673 e. The van der Waals surface area contributed by atoms with Gasteiger partial charge in [0, 0.05) is 20.1 Å². The second-order valence-electron chi connectivity index (χ2n) is 6.34. The first-order chi connectivity index (χ1) is 11.5. The largest absolute Gasteiger partial charge is 0.673 e. The van der Waals surface area contributed by atoms with Crippen molar-refractivity contribution in [3.63, 3.8) is 0 Å². The summed E-state index contributed by atoms with van der Waals surface area (Å²) in [5.74, 6) is 8.73. The molecule has 0 unspecified atom stereocenters. The van der Waals surface area contributed by atoms with Gasteiger partial charge in [-0.3, -0.25) is 0 Å². The molecule has 0 atom stereocenters. The molecule has 2 saturated carbocycles. The molecule has 11 radical (unpaired) electrons. The van der Waals surface area contributed by atoms with Crippen molar-refractivity contribution >= 4 is 7.25 Å². The minimum atomic E-state index is -6.00. The van der Waals surface area contributed by atoms with Crippen molar-refractivity contribution in [3.8, 4) is 0 Å². The van der Waals surface area contributed by atoms with Gasteiger partial charge in [-0.25, -0.2) is 0 Å². The van der Waals surface area contributed by atoms with E-state index in [4.69, 9.17) is 0 Å². The summed E-state index contributed by atoms with van der Waals surface area (Å²) >= 11 is 0. The number of hydrogen-bond acceptors (Lipinski definition) is 0. The van der Waals surface area contributed by atoms with Gasteiger partial charge in [0.05, 0.1) is 0 Å². The topological polar surface area (TPSA) is 0 Å². The number of hydrogen-bond donors (Lipinski definition) is 0. The molecular weight excluding hydrogens is 519 g/mol. The second-order valence-corrected chi connectivity index (χ2v) is 6.34. The van der Waals surface area contributed by atoms with Gasteiger partial charge in [-0.15, -0.1) is 0 Å². The van der Waals surface area contributed by atoms with Crippen molar-refractivity contribution in [3.05, 3.63) is 61.2 Å². The molecule has 0 amide bonds. The van der Waals surface area contributed by atoms with Crippen LogP contribution in [0.25, 0.3) is 0 Å². The fourth-order valence-electron chi connectivity index (χ4n) is 2.54. The Morgan fingerprint density at radius 2 is 0.615 bits per heavy atom. The molecule has 0 aromatic carbocycles. The van der Waals surface area contributed by atoms with E-state index in [2.05, 4.69) is 67.2 Å². The maximum atomic E-state index is 9.75. The Morgan fingerprint density at radius 1 is 0.500 bits per heavy atom. The molecule has 0 saturated heterocycles. The minimum absolute atomic E-state index is 0. The fraction of sp³-hybridized carbons (Fsp3) is 0.500. The standard InChI is InChI=1S/C12H18.C8H12.BF4.Ir/c1-7-8(2)10(4)12(6)11(5)9(7)3;1-2-4-6-8-7-5-3-1;2-1(3,4)5;/h1-6H3;1-2,7-8H,3-6H2;;/q;;-1;. The van der Waals surface area contributed by atoms with Gasteiger partial charge in [0.1, 0.15) is 0 Å². The summed E-state index contributed by atoms with van der Waals surface area (Å²) in [5.41, 5.74) is 0. The summed E-state index contributed by atoms with van der Waals surface area (Å²) in [6.45, 7) is 13.3. The van der Waals surface area contributed by atoms with E-state index in [9.17, 15) is 17.3 Å². The Kier molecular flexibility index (Phi) is 15.9. The Bertz CT molecular complexity index is 250. The van der Waals surface area contributed by atoms with Crippen LogP contribution in [0.3, 0.4) is 0 Å². The zero-order chi connectivity index (χ0) is 19.6. The Labute approximate surface area is 173 Å². The van der Waals surface area contributed by atoms with Gasteiger partial charge in [-0.2, -0.15) is 0 Å². The molecule has 0 spiro atoms. The zero-order valence-corrected chi connectivity index (χ0v) is 19.0. The third-order valence-corrected chi connectivity index (χ3v) is 4.71. The predicted octanol–water partition coefficient (Wildman–Crippen LogP) is 7.24. The van der Waals surface area contributed by atoms with E-state index < -0.39 is 7.25 Å². The van der Waals surface area contributed by atoms with E-state index in [0.717, 1.165) is 0 Å². The summed E-state index contributed by atoms with van der Waals surface area (Å²) in [5, 5.41) is 0. The van der Waals surface area contributed by atoms with Crippen LogP contribution in [0.15, 0.2) is 0 Å². The van der Waals surface area contributed by atoms with E-state index in [0.29, 0.717) is 0 Å². The summed E-state index contributed by atoms with van der Waals surface area (Å²) in [7, 11) is -6.00. The van der Waals surface area contributed by atoms with Gasteiger partial charge in [-0.05, 0) is 86.9 Å². The van der Waals surface area contributed by atoms with Crippen LogP contribution in [-0.4, -0.2) is 7.25 Å². The molecular formula is C20H30BF4Ir-. The number of halogens is 4. The average molecular weight is 549 g/mol. The van der Waals surface area contributed by atoms with Crippen LogP contribution in [0.1, 0.15) is 67.2 Å². The van der Waals surface area contributed by atoms with Crippen molar-refractivity contribution in [2.45, 2.75) is 67.2 Å². The van der Waals surface area contributed by atoms with E-state index in [1.54, 1.807) is 0 Å². The maximum absolute atomic E-state index is 9.75. The molecule has 0 aliphatic heterocycles. The summed E-state index contributed by atoms with van der Waals surface area (Å²) in [6.07, 6.45) is 14.0. The Morgan fingerprint density at radius 3 is 0.731 bits per heavy atom. The van der Waals surface area contributed by atoms with Crippen molar-refractivity contribution in [2.75, 3.05) is 0 Å². The van der Waals surface area contributed by atoms with Crippen LogP contribution in [-0.2, 0) is 20.1 Å². The average Bonchev–Trinajstić information content (AvgIpc) is 2.47. The predicted molar refractivity (Wildman–Crippen MR) is 99.4 cm³/mol. The van der Waals surface area contributed by atoms with Gasteiger partial charge in [0.2, 0.25) is 0 Å². The zero-order valence-electron chi connectivity index (χ0n) is 16.6. The second kappa shape index (κ2) is 14.4. The number of rotatable bonds is 0. The molecule has 0 N–H and O–H groups in total. The summed E-state index contributed by atoms with van der Waals surface area (Å²) in [6, 6.07) is 0. The molecule has 0 aromatic heterocycles. The molecule has 2 aliphatic rings. The third-order valence-electron chi connectivity index (χ3n) is 4.71. The molecule has 2 rings (SSSR count). The van der Waals surface area contributed by atoms with Crippen molar-refractivity contribution in [1.82, 2.24) is 0 Å². The molecule has 2 fully saturated rings. The summed E-state index contributed by atoms with van der Waals surface area (Å²) in [4.78, 5) is 0. The van der Waals surface area contributed by atoms with Gasteiger partial charge in [-0.1, -0.05) is 41.5 Å². The molecule has 2 aliphatic carbocycles. The normalized spacial score (nSPS) is 22.8. The molecule has 0 bridgehead atoms. The minimum Gasteiger partial charge on any atom is -0.418 e. The van der Waals surface area contributed by atoms with Crippen molar-refractivity contribution < 1.29 is 37.4 Å². The fourth-order valence-corrected chi connectivity index (χ4v) is 2.54. The molecule has 151 valence electrons. The molecule has 0 aromatic rings. The van der Waals surface area contributed by atoms with Crippen LogP contribution in [0.4, 0.5) is 17.3 Å². The molecule has 26 heavy (non-hydrogen) atoms. The van der Waals surface area contributed by atoms with E-state index in [-0.39, 0.29) is 20.1 Å². The summed E-state index contributed by atoms with van der Waals surface area (Å²) < 4.78 is 39.0. The quantitative estimate of drug-likeness (QED) is 0.221. The molecule has 6 heteroatoms. The van der Waals surface area contributed by atoms with Crippen molar-refractivity contribution in [2.24, 2.45) is 0 Å². The van der Waals surface area contributed by atoms with Crippen LogP contribution >= 0.6 is 0 Å². The smallest absolute Gasteiger partial charge is 0.418 e. The first-order valence-corrected chi connectivity index (χ1v) is 8.67. The SMILES string of the molecule is C[C]1[C](C)[C](C)[C](C)[C](C)[C]1C.F[B-](F)(F)F.[CH]1[CH]CC[CH][CH]CC1.[Ir]. The first-order valence-electron chi connectivity index (χ1n) is 8.67. The van der Waals surface area contributed by atoms with Crippen LogP contribution in [0.2, 0.25) is 0 Å². The van der Waals surface area contributed by atoms with Crippen LogP contribution < -0.4 is 0 Å². The first kappa shape index (κ1) is 28.6. The molecule has 0 nitrogen and oxygen atoms in total. The monoisotopic (exact) mass is 550 g/mol. The van der Waals surface area contributed by atoms with E-state index >= 15 is 0 Å². The van der Waals surface area contributed by atoms with Gasteiger partial charge < -0.3 is 17.3 Å². The van der Waals surface area contributed by atoms with Gasteiger partial charge in [0.25, 0.3) is 0 Å². The Balaban J connectivity index is 0. The third kappa shape index (κ3) is 12.8.